The molecule has 7 heteroatoms. The lowest BCUT2D eigenvalue weighted by molar-refractivity contribution is 0.102. The Labute approximate surface area is 192 Å². The Balaban J connectivity index is 1.49. The highest BCUT2D eigenvalue weighted by Crippen LogP contribution is 2.29. The van der Waals surface area contributed by atoms with E-state index in [-0.39, 0.29) is 11.9 Å². The molecule has 4 aromatic rings. The number of anilines is 2. The van der Waals surface area contributed by atoms with E-state index in [1.54, 1.807) is 23.1 Å². The van der Waals surface area contributed by atoms with E-state index >= 15 is 0 Å². The molecule has 0 saturated carbocycles. The summed E-state index contributed by atoms with van der Waals surface area (Å²) in [5.41, 5.74) is 3.89. The summed E-state index contributed by atoms with van der Waals surface area (Å²) in [6.07, 6.45) is 3.91. The van der Waals surface area contributed by atoms with E-state index in [9.17, 15) is 4.79 Å². The van der Waals surface area contributed by atoms with Crippen LogP contribution in [0, 0.1) is 0 Å². The summed E-state index contributed by atoms with van der Waals surface area (Å²) in [6, 6.07) is 21.3. The maximum Gasteiger partial charge on any atom is 0.259 e. The van der Waals surface area contributed by atoms with Gasteiger partial charge in [-0.3, -0.25) is 4.79 Å². The summed E-state index contributed by atoms with van der Waals surface area (Å²) in [4.78, 5) is 17.3. The van der Waals surface area contributed by atoms with Crippen LogP contribution < -0.4 is 10.6 Å². The van der Waals surface area contributed by atoms with Crippen molar-refractivity contribution < 1.29 is 4.79 Å². The SMILES string of the molecule is CCc1c(C(=O)Nc2ccc(NC(C)c3ccccc3)c(Cl)c2)cnn1-c1ccccn1. The zero-order valence-corrected chi connectivity index (χ0v) is 18.7. The van der Waals surface area contributed by atoms with Crippen LogP contribution in [0.4, 0.5) is 11.4 Å². The first kappa shape index (κ1) is 21.6. The van der Waals surface area contributed by atoms with E-state index in [0.717, 1.165) is 16.9 Å². The molecule has 0 fully saturated rings. The number of carbonyl (C=O) groups excluding carboxylic acids is 1. The van der Waals surface area contributed by atoms with E-state index in [1.165, 1.54) is 0 Å². The number of rotatable bonds is 7. The molecular weight excluding hydrogens is 422 g/mol. The zero-order chi connectivity index (χ0) is 22.5. The van der Waals surface area contributed by atoms with E-state index in [4.69, 9.17) is 11.6 Å². The van der Waals surface area contributed by atoms with Crippen molar-refractivity contribution in [3.8, 4) is 5.82 Å². The van der Waals surface area contributed by atoms with Gasteiger partial charge in [0.2, 0.25) is 0 Å². The predicted molar refractivity (Wildman–Crippen MR) is 129 cm³/mol. The van der Waals surface area contributed by atoms with Gasteiger partial charge >= 0.3 is 0 Å². The van der Waals surface area contributed by atoms with Crippen molar-refractivity contribution in [3.63, 3.8) is 0 Å². The number of nitrogens with zero attached hydrogens (tertiary/aromatic N) is 3. The van der Waals surface area contributed by atoms with Crippen LogP contribution in [-0.2, 0) is 6.42 Å². The summed E-state index contributed by atoms with van der Waals surface area (Å²) in [7, 11) is 0. The van der Waals surface area contributed by atoms with Crippen LogP contribution in [0.2, 0.25) is 5.02 Å². The molecule has 0 spiro atoms. The number of nitrogens with one attached hydrogen (secondary N) is 2. The minimum absolute atomic E-state index is 0.0960. The molecule has 1 atom stereocenters. The maximum absolute atomic E-state index is 13.0. The van der Waals surface area contributed by atoms with Crippen molar-refractivity contribution in [2.24, 2.45) is 0 Å². The van der Waals surface area contributed by atoms with Crippen LogP contribution in [0.5, 0.6) is 0 Å². The predicted octanol–water partition coefficient (Wildman–Crippen LogP) is 5.91. The minimum Gasteiger partial charge on any atom is -0.377 e. The fraction of sp³-hybridized carbons (Fsp3) is 0.160. The fourth-order valence-corrected chi connectivity index (χ4v) is 3.78. The summed E-state index contributed by atoms with van der Waals surface area (Å²) in [5.74, 6) is 0.438. The average Bonchev–Trinajstić information content (AvgIpc) is 3.26. The number of aromatic nitrogens is 3. The summed E-state index contributed by atoms with van der Waals surface area (Å²) < 4.78 is 1.69. The number of hydrogen-bond donors (Lipinski definition) is 2. The molecule has 1 amide bonds. The zero-order valence-electron chi connectivity index (χ0n) is 17.9. The van der Waals surface area contributed by atoms with Gasteiger partial charge in [-0.05, 0) is 49.2 Å². The van der Waals surface area contributed by atoms with Gasteiger partial charge in [-0.1, -0.05) is 54.9 Å². The second kappa shape index (κ2) is 9.66. The molecule has 2 aromatic carbocycles. The standard InChI is InChI=1S/C25H24ClN5O/c1-3-23-20(16-28-31(23)24-11-7-8-14-27-24)25(32)30-19-12-13-22(21(26)15-19)29-17(2)18-9-5-4-6-10-18/h4-17,29H,3H2,1-2H3,(H,30,32). The van der Waals surface area contributed by atoms with Crippen molar-refractivity contribution in [1.29, 1.82) is 0 Å². The maximum atomic E-state index is 13.0. The van der Waals surface area contributed by atoms with Crippen LogP contribution in [0.3, 0.4) is 0 Å². The molecule has 0 radical (unpaired) electrons. The lowest BCUT2D eigenvalue weighted by atomic mass is 10.1. The van der Waals surface area contributed by atoms with Gasteiger partial charge in [0, 0.05) is 17.9 Å². The molecule has 2 heterocycles. The van der Waals surface area contributed by atoms with Gasteiger partial charge in [0.25, 0.3) is 5.91 Å². The molecule has 4 rings (SSSR count). The molecule has 1 unspecified atom stereocenters. The first-order valence-electron chi connectivity index (χ1n) is 10.5. The Hall–Kier alpha value is -3.64. The van der Waals surface area contributed by atoms with Gasteiger partial charge in [0.1, 0.15) is 0 Å². The first-order valence-corrected chi connectivity index (χ1v) is 10.8. The van der Waals surface area contributed by atoms with Crippen molar-refractivity contribution >= 4 is 28.9 Å². The second-order valence-corrected chi connectivity index (χ2v) is 7.79. The quantitative estimate of drug-likeness (QED) is 0.371. The average molecular weight is 446 g/mol. The second-order valence-electron chi connectivity index (χ2n) is 7.38. The molecule has 6 nitrogen and oxygen atoms in total. The van der Waals surface area contributed by atoms with E-state index in [2.05, 4.69) is 39.8 Å². The number of halogens is 1. The third-order valence-electron chi connectivity index (χ3n) is 5.21. The molecule has 0 saturated heterocycles. The van der Waals surface area contributed by atoms with Crippen LogP contribution in [0.25, 0.3) is 5.82 Å². The number of pyridine rings is 1. The molecule has 2 aromatic heterocycles. The highest BCUT2D eigenvalue weighted by Gasteiger charge is 2.18. The van der Waals surface area contributed by atoms with E-state index in [0.29, 0.717) is 28.5 Å². The molecule has 162 valence electrons. The largest absolute Gasteiger partial charge is 0.377 e. The molecule has 0 aliphatic heterocycles. The summed E-state index contributed by atoms with van der Waals surface area (Å²) in [5, 5.41) is 11.2. The summed E-state index contributed by atoms with van der Waals surface area (Å²) in [6.45, 7) is 4.06. The van der Waals surface area contributed by atoms with Crippen molar-refractivity contribution in [3.05, 3.63) is 101 Å². The highest BCUT2D eigenvalue weighted by atomic mass is 35.5. The molecule has 32 heavy (non-hydrogen) atoms. The Kier molecular flexibility index (Phi) is 6.52. The summed E-state index contributed by atoms with van der Waals surface area (Å²) >= 11 is 6.49. The van der Waals surface area contributed by atoms with Gasteiger partial charge in [-0.2, -0.15) is 5.10 Å². The Bertz CT molecular complexity index is 1210. The van der Waals surface area contributed by atoms with Crippen LogP contribution in [-0.4, -0.2) is 20.7 Å². The van der Waals surface area contributed by atoms with Gasteiger partial charge in [0.05, 0.1) is 28.2 Å². The van der Waals surface area contributed by atoms with Crippen molar-refractivity contribution in [1.82, 2.24) is 14.8 Å². The first-order chi connectivity index (χ1) is 15.6. The number of carbonyl (C=O) groups is 1. The molecular formula is C25H24ClN5O. The molecule has 2 N–H and O–H groups in total. The number of amides is 1. The topological polar surface area (TPSA) is 71.8 Å². The fourth-order valence-electron chi connectivity index (χ4n) is 3.55. The van der Waals surface area contributed by atoms with Gasteiger partial charge < -0.3 is 10.6 Å². The molecule has 0 aliphatic carbocycles. The third-order valence-corrected chi connectivity index (χ3v) is 5.53. The monoisotopic (exact) mass is 445 g/mol. The smallest absolute Gasteiger partial charge is 0.259 e. The van der Waals surface area contributed by atoms with Crippen LogP contribution in [0.1, 0.15) is 41.5 Å². The van der Waals surface area contributed by atoms with E-state index < -0.39 is 0 Å². The van der Waals surface area contributed by atoms with Crippen molar-refractivity contribution in [2.45, 2.75) is 26.3 Å². The van der Waals surface area contributed by atoms with Crippen LogP contribution in [0.15, 0.2) is 79.1 Å². The van der Waals surface area contributed by atoms with Gasteiger partial charge in [-0.15, -0.1) is 0 Å². The molecule has 0 aliphatic rings. The highest BCUT2D eigenvalue weighted by molar-refractivity contribution is 6.33. The van der Waals surface area contributed by atoms with Crippen LogP contribution >= 0.6 is 11.6 Å². The Morgan fingerprint density at radius 2 is 1.88 bits per heavy atom. The number of benzene rings is 2. The Morgan fingerprint density at radius 1 is 1.09 bits per heavy atom. The lowest BCUT2D eigenvalue weighted by Gasteiger charge is -2.17. The van der Waals surface area contributed by atoms with Gasteiger partial charge in [0.15, 0.2) is 5.82 Å². The molecule has 0 bridgehead atoms. The third kappa shape index (κ3) is 4.65. The normalized spacial score (nSPS) is 11.7. The Morgan fingerprint density at radius 3 is 2.56 bits per heavy atom. The number of hydrogen-bond acceptors (Lipinski definition) is 4. The lowest BCUT2D eigenvalue weighted by Crippen LogP contribution is -2.15. The van der Waals surface area contributed by atoms with Crippen molar-refractivity contribution in [2.75, 3.05) is 10.6 Å². The van der Waals surface area contributed by atoms with E-state index in [1.807, 2.05) is 55.5 Å². The minimum atomic E-state index is -0.238. The van der Waals surface area contributed by atoms with Gasteiger partial charge in [-0.25, -0.2) is 9.67 Å².